The Kier molecular flexibility index (Phi) is 7.88. The number of benzene rings is 2. The Hall–Kier alpha value is -3.81. The highest BCUT2D eigenvalue weighted by atomic mass is 32.2. The van der Waals surface area contributed by atoms with E-state index in [9.17, 15) is 23.1 Å². The summed E-state index contributed by atoms with van der Waals surface area (Å²) in [7, 11) is -4.03. The van der Waals surface area contributed by atoms with E-state index in [-0.39, 0.29) is 35.2 Å². The second-order valence-corrected chi connectivity index (χ2v) is 12.3. The van der Waals surface area contributed by atoms with Crippen molar-refractivity contribution in [3.8, 4) is 0 Å². The Morgan fingerprint density at radius 3 is 2.73 bits per heavy atom. The maximum Gasteiger partial charge on any atom is 0.287 e. The van der Waals surface area contributed by atoms with Crippen LogP contribution in [-0.4, -0.2) is 71.2 Å². The van der Waals surface area contributed by atoms with E-state index in [1.165, 1.54) is 10.4 Å². The molecule has 3 heterocycles. The Morgan fingerprint density at radius 2 is 1.95 bits per heavy atom. The fraction of sp³-hybridized carbons (Fsp3) is 0.407. The normalized spacial score (nSPS) is 19.5. The summed E-state index contributed by atoms with van der Waals surface area (Å²) >= 11 is 0. The quantitative estimate of drug-likeness (QED) is 0.289. The molecule has 0 saturated carbocycles. The third-order valence-electron chi connectivity index (χ3n) is 6.95. The molecule has 1 aliphatic rings. The van der Waals surface area contributed by atoms with Crippen LogP contribution in [0.15, 0.2) is 62.5 Å². The van der Waals surface area contributed by atoms with Gasteiger partial charge in [0.15, 0.2) is 11.3 Å². The van der Waals surface area contributed by atoms with Crippen LogP contribution in [0.2, 0.25) is 0 Å². The van der Waals surface area contributed by atoms with Gasteiger partial charge < -0.3 is 20.2 Å². The molecule has 2 aromatic heterocycles. The number of sulfonamides is 1. The Labute approximate surface area is 230 Å². The molecule has 3 atom stereocenters. The van der Waals surface area contributed by atoms with Gasteiger partial charge in [-0.3, -0.25) is 9.59 Å². The first kappa shape index (κ1) is 27.7. The van der Waals surface area contributed by atoms with E-state index in [1.807, 2.05) is 26.0 Å². The molecule has 1 aliphatic heterocycles. The van der Waals surface area contributed by atoms with Gasteiger partial charge in [0.25, 0.3) is 5.91 Å². The minimum atomic E-state index is -4.03. The Bertz CT molecular complexity index is 1600. The summed E-state index contributed by atoms with van der Waals surface area (Å²) in [4.78, 5) is 26.2. The van der Waals surface area contributed by atoms with Gasteiger partial charge in [-0.1, -0.05) is 38.1 Å². The highest BCUT2D eigenvalue weighted by Crippen LogP contribution is 2.26. The number of fused-ring (bicyclic) bond motifs is 2. The zero-order valence-electron chi connectivity index (χ0n) is 22.1. The number of aromatic nitrogens is 2. The molecule has 40 heavy (non-hydrogen) atoms. The Morgan fingerprint density at radius 1 is 1.15 bits per heavy atom. The van der Waals surface area contributed by atoms with Gasteiger partial charge in [-0.25, -0.2) is 13.0 Å². The second kappa shape index (κ2) is 11.4. The van der Waals surface area contributed by atoms with Crippen molar-refractivity contribution in [3.63, 3.8) is 0 Å². The van der Waals surface area contributed by atoms with E-state index in [1.54, 1.807) is 30.3 Å². The average Bonchev–Trinajstić information content (AvgIpc) is 3.53. The van der Waals surface area contributed by atoms with Crippen molar-refractivity contribution in [1.82, 2.24) is 25.3 Å². The van der Waals surface area contributed by atoms with E-state index in [2.05, 4.69) is 20.9 Å². The molecule has 5 rings (SSSR count). The molecular weight excluding hydrogens is 538 g/mol. The van der Waals surface area contributed by atoms with Crippen molar-refractivity contribution in [2.45, 2.75) is 56.2 Å². The minimum absolute atomic E-state index is 0.0637. The first-order valence-electron chi connectivity index (χ1n) is 13.1. The number of β-amino-alcohol motifs (C(OH)–C–C–N with tert-alkyl or cyclic N) is 1. The predicted molar refractivity (Wildman–Crippen MR) is 145 cm³/mol. The third kappa shape index (κ3) is 5.71. The smallest absolute Gasteiger partial charge is 0.287 e. The van der Waals surface area contributed by atoms with Crippen molar-refractivity contribution in [1.29, 1.82) is 0 Å². The number of rotatable bonds is 8. The summed E-state index contributed by atoms with van der Waals surface area (Å²) in [6.07, 6.45) is -0.0760. The minimum Gasteiger partial charge on any atom is -0.451 e. The van der Waals surface area contributed by atoms with E-state index < -0.39 is 40.0 Å². The first-order valence-corrected chi connectivity index (χ1v) is 14.6. The molecule has 0 aliphatic carbocycles. The van der Waals surface area contributed by atoms with Crippen LogP contribution >= 0.6 is 0 Å². The number of aliphatic hydroxyl groups excluding tert-OH is 1. The van der Waals surface area contributed by atoms with E-state index in [4.69, 9.17) is 9.05 Å². The highest BCUT2D eigenvalue weighted by molar-refractivity contribution is 7.89. The van der Waals surface area contributed by atoms with Gasteiger partial charge in [0, 0.05) is 18.5 Å². The summed E-state index contributed by atoms with van der Waals surface area (Å²) in [5.41, 5.74) is 0.986. The lowest BCUT2D eigenvalue weighted by Gasteiger charge is -2.27. The second-order valence-electron chi connectivity index (χ2n) is 10.4. The fourth-order valence-corrected chi connectivity index (χ4v) is 6.57. The molecule has 212 valence electrons. The lowest BCUT2D eigenvalue weighted by atomic mass is 10.0. The predicted octanol–water partition coefficient (Wildman–Crippen LogP) is 2.44. The van der Waals surface area contributed by atoms with Crippen LogP contribution in [-0.2, 0) is 14.8 Å². The third-order valence-corrected chi connectivity index (χ3v) is 8.85. The van der Waals surface area contributed by atoms with Crippen LogP contribution < -0.4 is 10.6 Å². The molecular formula is C27H31N5O7S. The number of carbonyl (C=O) groups excluding carboxylic acids is 2. The largest absolute Gasteiger partial charge is 0.451 e. The highest BCUT2D eigenvalue weighted by Gasteiger charge is 2.36. The van der Waals surface area contributed by atoms with Crippen molar-refractivity contribution in [2.24, 2.45) is 5.92 Å². The lowest BCUT2D eigenvalue weighted by Crippen LogP contribution is -2.54. The molecule has 2 unspecified atom stereocenters. The zero-order valence-corrected chi connectivity index (χ0v) is 22.9. The molecule has 3 N–H and O–H groups in total. The van der Waals surface area contributed by atoms with Crippen LogP contribution in [0.1, 0.15) is 43.7 Å². The van der Waals surface area contributed by atoms with Gasteiger partial charge in [-0.2, -0.15) is 4.31 Å². The molecule has 0 spiro atoms. The molecule has 2 aromatic carbocycles. The van der Waals surface area contributed by atoms with Gasteiger partial charge >= 0.3 is 0 Å². The monoisotopic (exact) mass is 569 g/mol. The lowest BCUT2D eigenvalue weighted by molar-refractivity contribution is -0.125. The van der Waals surface area contributed by atoms with E-state index in [0.717, 1.165) is 5.39 Å². The summed E-state index contributed by atoms with van der Waals surface area (Å²) in [6.45, 7) is 3.78. The van der Waals surface area contributed by atoms with Crippen LogP contribution in [0, 0.1) is 5.92 Å². The number of amides is 2. The number of nitrogens with one attached hydrogen (secondary N) is 2. The van der Waals surface area contributed by atoms with E-state index >= 15 is 0 Å². The molecule has 0 radical (unpaired) electrons. The topological polar surface area (TPSA) is 168 Å². The number of carbonyl (C=O) groups is 2. The Balaban J connectivity index is 1.28. The van der Waals surface area contributed by atoms with Crippen LogP contribution in [0.25, 0.3) is 22.0 Å². The first-order chi connectivity index (χ1) is 19.1. The van der Waals surface area contributed by atoms with Crippen LogP contribution in [0.5, 0.6) is 0 Å². The molecule has 13 heteroatoms. The maximum atomic E-state index is 13.4. The van der Waals surface area contributed by atoms with Gasteiger partial charge in [-0.05, 0) is 59.8 Å². The summed E-state index contributed by atoms with van der Waals surface area (Å²) in [5.74, 6) is -0.806. The molecule has 0 bridgehead atoms. The molecule has 1 saturated heterocycles. The summed E-state index contributed by atoms with van der Waals surface area (Å²) < 4.78 is 38.4. The number of nitrogens with zero attached hydrogens (tertiary/aromatic N) is 3. The number of furan rings is 1. The van der Waals surface area contributed by atoms with Crippen LogP contribution in [0.3, 0.4) is 0 Å². The molecule has 1 fully saturated rings. The number of para-hydroxylation sites is 1. The van der Waals surface area contributed by atoms with Gasteiger partial charge in [0.2, 0.25) is 15.9 Å². The number of aliphatic hydroxyl groups is 1. The summed E-state index contributed by atoms with van der Waals surface area (Å²) in [6, 6.07) is 11.8. The maximum absolute atomic E-state index is 13.4. The van der Waals surface area contributed by atoms with Gasteiger partial charge in [-0.15, -0.1) is 0 Å². The van der Waals surface area contributed by atoms with Crippen molar-refractivity contribution >= 4 is 43.8 Å². The number of hydrogen-bond donors (Lipinski definition) is 3. The molecule has 12 nitrogen and oxygen atoms in total. The van der Waals surface area contributed by atoms with Crippen molar-refractivity contribution < 1.29 is 32.2 Å². The van der Waals surface area contributed by atoms with Crippen LogP contribution in [0.4, 0.5) is 0 Å². The SMILES string of the molecule is CC(C)C[C@H](NC(=O)c1cc2ccccc2o1)C(=O)NC1CCCN(S(=O)(=O)c2cccc3nonc23)CC1O. The summed E-state index contributed by atoms with van der Waals surface area (Å²) in [5, 5.41) is 24.8. The van der Waals surface area contributed by atoms with Crippen molar-refractivity contribution in [3.05, 3.63) is 54.3 Å². The standard InChI is InChI=1S/C27H31N5O7S/c1-16(2)13-20(29-27(35)23-14-17-7-3-4-10-22(17)38-23)26(34)28-18-9-6-12-32(15-21(18)33)40(36,37)24-11-5-8-19-25(24)31-39-30-19/h3-5,7-8,10-11,14,16,18,20-21,33H,6,9,12-13,15H2,1-2H3,(H,28,34)(H,29,35)/t18?,20-,21?/m0/s1. The van der Waals surface area contributed by atoms with Gasteiger partial charge in [0.05, 0.1) is 12.1 Å². The van der Waals surface area contributed by atoms with E-state index in [0.29, 0.717) is 30.4 Å². The molecule has 4 aromatic rings. The average molecular weight is 570 g/mol. The number of hydrogen-bond acceptors (Lipinski definition) is 9. The molecule has 2 amide bonds. The van der Waals surface area contributed by atoms with Gasteiger partial charge in [0.1, 0.15) is 22.0 Å². The fourth-order valence-electron chi connectivity index (χ4n) is 4.93. The zero-order chi connectivity index (χ0) is 28.4. The van der Waals surface area contributed by atoms with Crippen molar-refractivity contribution in [2.75, 3.05) is 13.1 Å².